The summed E-state index contributed by atoms with van der Waals surface area (Å²) in [7, 11) is 0. The lowest BCUT2D eigenvalue weighted by Gasteiger charge is -2.10. The van der Waals surface area contributed by atoms with Gasteiger partial charge in [-0.1, -0.05) is 38.1 Å². The van der Waals surface area contributed by atoms with Crippen LogP contribution in [-0.2, 0) is 9.53 Å². The fraction of sp³-hybridized carbons (Fsp3) is 0.333. The molecule has 0 aliphatic rings. The Hall–Kier alpha value is -3.80. The Labute approximate surface area is 213 Å². The van der Waals surface area contributed by atoms with E-state index in [1.807, 2.05) is 57.2 Å². The standard InChI is InChI=1S/C30H34O6/c1-4-22(3)29(31)35-21-7-6-20-34-27-16-12-25(13-17-27)30(32)36-28-18-10-24(11-19-28)23-8-14-26(15-9-23)33-5-2/h8-19,22H,4-7,20-21H2,1-3H3. The zero-order valence-corrected chi connectivity index (χ0v) is 21.2. The van der Waals surface area contributed by atoms with E-state index in [1.54, 1.807) is 36.4 Å². The van der Waals surface area contributed by atoms with Crippen molar-refractivity contribution in [1.82, 2.24) is 0 Å². The molecule has 190 valence electrons. The molecule has 0 aliphatic heterocycles. The van der Waals surface area contributed by atoms with E-state index in [2.05, 4.69) is 0 Å². The van der Waals surface area contributed by atoms with Gasteiger partial charge in [0.1, 0.15) is 17.2 Å². The number of unbranched alkanes of at least 4 members (excludes halogenated alkanes) is 1. The van der Waals surface area contributed by atoms with E-state index in [1.165, 1.54) is 0 Å². The van der Waals surface area contributed by atoms with Crippen molar-refractivity contribution in [2.24, 2.45) is 5.92 Å². The largest absolute Gasteiger partial charge is 0.494 e. The molecule has 6 heteroatoms. The molecular weight excluding hydrogens is 456 g/mol. The molecule has 0 N–H and O–H groups in total. The molecule has 0 saturated heterocycles. The van der Waals surface area contributed by atoms with Crippen LogP contribution in [0.1, 0.15) is 50.4 Å². The summed E-state index contributed by atoms with van der Waals surface area (Å²) in [4.78, 5) is 24.2. The van der Waals surface area contributed by atoms with E-state index >= 15 is 0 Å². The average molecular weight is 491 g/mol. The Balaban J connectivity index is 1.42. The van der Waals surface area contributed by atoms with Gasteiger partial charge in [-0.25, -0.2) is 4.79 Å². The van der Waals surface area contributed by atoms with Gasteiger partial charge in [-0.15, -0.1) is 0 Å². The third-order valence-corrected chi connectivity index (χ3v) is 5.72. The molecule has 0 aliphatic carbocycles. The maximum absolute atomic E-state index is 12.5. The van der Waals surface area contributed by atoms with Crippen LogP contribution in [0.25, 0.3) is 11.1 Å². The highest BCUT2D eigenvalue weighted by Crippen LogP contribution is 2.25. The van der Waals surface area contributed by atoms with Gasteiger partial charge in [0, 0.05) is 0 Å². The Kier molecular flexibility index (Phi) is 10.4. The summed E-state index contributed by atoms with van der Waals surface area (Å²) in [6.07, 6.45) is 2.29. The van der Waals surface area contributed by atoms with Crippen molar-refractivity contribution in [3.8, 4) is 28.4 Å². The number of benzene rings is 3. The molecular formula is C30H34O6. The Morgan fingerprint density at radius 3 is 1.81 bits per heavy atom. The molecule has 0 bridgehead atoms. The molecule has 1 unspecified atom stereocenters. The van der Waals surface area contributed by atoms with Gasteiger partial charge in [-0.2, -0.15) is 0 Å². The summed E-state index contributed by atoms with van der Waals surface area (Å²) in [6, 6.07) is 22.1. The van der Waals surface area contributed by atoms with Crippen LogP contribution in [0.15, 0.2) is 72.8 Å². The minimum atomic E-state index is -0.432. The molecule has 6 nitrogen and oxygen atoms in total. The van der Waals surface area contributed by atoms with Gasteiger partial charge in [0.2, 0.25) is 0 Å². The average Bonchev–Trinajstić information content (AvgIpc) is 2.91. The molecule has 0 heterocycles. The summed E-state index contributed by atoms with van der Waals surface area (Å²) in [5.74, 6) is 1.34. The van der Waals surface area contributed by atoms with Gasteiger partial charge < -0.3 is 18.9 Å². The Morgan fingerprint density at radius 1 is 0.694 bits per heavy atom. The van der Waals surface area contributed by atoms with E-state index in [0.717, 1.165) is 36.1 Å². The molecule has 3 rings (SSSR count). The second-order valence-corrected chi connectivity index (χ2v) is 8.43. The van der Waals surface area contributed by atoms with Gasteiger partial charge in [-0.3, -0.25) is 4.79 Å². The maximum atomic E-state index is 12.5. The summed E-state index contributed by atoms with van der Waals surface area (Å²) in [5.41, 5.74) is 2.52. The monoisotopic (exact) mass is 490 g/mol. The van der Waals surface area contributed by atoms with E-state index in [9.17, 15) is 9.59 Å². The zero-order valence-electron chi connectivity index (χ0n) is 21.2. The number of esters is 2. The minimum absolute atomic E-state index is 0.0602. The summed E-state index contributed by atoms with van der Waals surface area (Å²) in [5, 5.41) is 0. The summed E-state index contributed by atoms with van der Waals surface area (Å²) < 4.78 is 21.9. The van der Waals surface area contributed by atoms with Crippen molar-refractivity contribution in [3.05, 3.63) is 78.4 Å². The highest BCUT2D eigenvalue weighted by molar-refractivity contribution is 5.91. The molecule has 0 spiro atoms. The second-order valence-electron chi connectivity index (χ2n) is 8.43. The summed E-state index contributed by atoms with van der Waals surface area (Å²) in [6.45, 7) is 7.33. The molecule has 1 atom stereocenters. The first-order valence-corrected chi connectivity index (χ1v) is 12.4. The van der Waals surface area contributed by atoms with Crippen molar-refractivity contribution in [1.29, 1.82) is 0 Å². The van der Waals surface area contributed by atoms with Crippen molar-refractivity contribution in [3.63, 3.8) is 0 Å². The number of carbonyl (C=O) groups is 2. The first kappa shape index (κ1) is 26.8. The maximum Gasteiger partial charge on any atom is 0.343 e. The number of hydrogen-bond acceptors (Lipinski definition) is 6. The van der Waals surface area contributed by atoms with Crippen molar-refractivity contribution in [2.45, 2.75) is 40.0 Å². The van der Waals surface area contributed by atoms with Gasteiger partial charge in [0.05, 0.1) is 31.3 Å². The molecule has 0 amide bonds. The third kappa shape index (κ3) is 8.15. The van der Waals surface area contributed by atoms with Crippen LogP contribution in [0.4, 0.5) is 0 Å². The molecule has 0 aromatic heterocycles. The van der Waals surface area contributed by atoms with Crippen molar-refractivity contribution < 1.29 is 28.5 Å². The highest BCUT2D eigenvalue weighted by atomic mass is 16.5. The quantitative estimate of drug-likeness (QED) is 0.150. The number of ether oxygens (including phenoxy) is 4. The molecule has 3 aromatic rings. The molecule has 0 fully saturated rings. The lowest BCUT2D eigenvalue weighted by Crippen LogP contribution is -2.15. The first-order valence-electron chi connectivity index (χ1n) is 12.4. The lowest BCUT2D eigenvalue weighted by atomic mass is 10.1. The van der Waals surface area contributed by atoms with Crippen molar-refractivity contribution in [2.75, 3.05) is 19.8 Å². The fourth-order valence-electron chi connectivity index (χ4n) is 3.35. The van der Waals surface area contributed by atoms with E-state index in [-0.39, 0.29) is 11.9 Å². The topological polar surface area (TPSA) is 71.1 Å². The van der Waals surface area contributed by atoms with Crippen LogP contribution in [0, 0.1) is 5.92 Å². The first-order chi connectivity index (χ1) is 17.5. The number of rotatable bonds is 13. The minimum Gasteiger partial charge on any atom is -0.494 e. The number of carbonyl (C=O) groups excluding carboxylic acids is 2. The van der Waals surface area contributed by atoms with Crippen LogP contribution in [0.2, 0.25) is 0 Å². The molecule has 36 heavy (non-hydrogen) atoms. The highest BCUT2D eigenvalue weighted by Gasteiger charge is 2.11. The predicted molar refractivity (Wildman–Crippen MR) is 140 cm³/mol. The van der Waals surface area contributed by atoms with Crippen LogP contribution in [-0.4, -0.2) is 31.8 Å². The van der Waals surface area contributed by atoms with Gasteiger partial charge in [-0.05, 0) is 85.8 Å². The van der Waals surface area contributed by atoms with E-state index in [0.29, 0.717) is 36.9 Å². The van der Waals surface area contributed by atoms with Crippen LogP contribution in [0.5, 0.6) is 17.2 Å². The summed E-state index contributed by atoms with van der Waals surface area (Å²) >= 11 is 0. The fourth-order valence-corrected chi connectivity index (χ4v) is 3.35. The van der Waals surface area contributed by atoms with E-state index < -0.39 is 5.97 Å². The van der Waals surface area contributed by atoms with Crippen LogP contribution < -0.4 is 14.2 Å². The zero-order chi connectivity index (χ0) is 25.8. The molecule has 3 aromatic carbocycles. The normalized spacial score (nSPS) is 11.4. The number of hydrogen-bond donors (Lipinski definition) is 0. The smallest absolute Gasteiger partial charge is 0.343 e. The molecule has 0 radical (unpaired) electrons. The predicted octanol–water partition coefficient (Wildman–Crippen LogP) is 6.72. The van der Waals surface area contributed by atoms with Gasteiger partial charge in [0.15, 0.2) is 0 Å². The van der Waals surface area contributed by atoms with Crippen molar-refractivity contribution >= 4 is 11.9 Å². The van der Waals surface area contributed by atoms with Gasteiger partial charge >= 0.3 is 11.9 Å². The lowest BCUT2D eigenvalue weighted by molar-refractivity contribution is -0.148. The van der Waals surface area contributed by atoms with E-state index in [4.69, 9.17) is 18.9 Å². The SMILES string of the molecule is CCOc1ccc(-c2ccc(OC(=O)c3ccc(OCCCCOC(=O)C(C)CC)cc3)cc2)cc1. The Morgan fingerprint density at radius 2 is 1.22 bits per heavy atom. The third-order valence-electron chi connectivity index (χ3n) is 5.72. The van der Waals surface area contributed by atoms with Crippen LogP contribution >= 0.6 is 0 Å². The molecule has 0 saturated carbocycles. The Bertz CT molecular complexity index is 1090. The second kappa shape index (κ2) is 13.9. The van der Waals surface area contributed by atoms with Crippen LogP contribution in [0.3, 0.4) is 0 Å². The van der Waals surface area contributed by atoms with Gasteiger partial charge in [0.25, 0.3) is 0 Å².